The molecule has 0 saturated carbocycles. The summed E-state index contributed by atoms with van der Waals surface area (Å²) in [7, 11) is 1.45. The van der Waals surface area contributed by atoms with Crippen LogP contribution in [0, 0.1) is 5.92 Å². The molecule has 0 fully saturated rings. The van der Waals surface area contributed by atoms with Crippen molar-refractivity contribution in [3.8, 4) is 17.2 Å². The van der Waals surface area contributed by atoms with Gasteiger partial charge in [0.2, 0.25) is 0 Å². The minimum absolute atomic E-state index is 0.123. The van der Waals surface area contributed by atoms with Gasteiger partial charge >= 0.3 is 11.9 Å². The van der Waals surface area contributed by atoms with Gasteiger partial charge in [0.1, 0.15) is 5.75 Å². The van der Waals surface area contributed by atoms with E-state index in [0.29, 0.717) is 33.0 Å². The van der Waals surface area contributed by atoms with Crippen molar-refractivity contribution in [3.63, 3.8) is 0 Å². The van der Waals surface area contributed by atoms with Gasteiger partial charge in [0, 0.05) is 12.5 Å². The fourth-order valence-corrected chi connectivity index (χ4v) is 5.38. The quantitative estimate of drug-likeness (QED) is 0.288. The van der Waals surface area contributed by atoms with Crippen LogP contribution in [0.5, 0.6) is 17.2 Å². The van der Waals surface area contributed by atoms with Crippen LogP contribution in [0.4, 0.5) is 0 Å². The number of methoxy groups -OCH3 is 1. The van der Waals surface area contributed by atoms with Crippen LogP contribution in [0.2, 0.25) is 0 Å². The number of benzene rings is 2. The Hall–Kier alpha value is -4.18. The van der Waals surface area contributed by atoms with Crippen molar-refractivity contribution >= 4 is 29.4 Å². The Bertz CT molecular complexity index is 1650. The fraction of sp³-hybridized carbons (Fsp3) is 0.333. The average Bonchev–Trinajstić information content (AvgIpc) is 3.21. The lowest BCUT2D eigenvalue weighted by Crippen LogP contribution is -2.40. The van der Waals surface area contributed by atoms with Crippen LogP contribution in [0.25, 0.3) is 6.08 Å². The van der Waals surface area contributed by atoms with Crippen LogP contribution in [0.1, 0.15) is 51.8 Å². The first-order valence-corrected chi connectivity index (χ1v) is 13.7. The van der Waals surface area contributed by atoms with Gasteiger partial charge in [-0.05, 0) is 49.6 Å². The summed E-state index contributed by atoms with van der Waals surface area (Å²) in [5, 5.41) is 0. The molecular formula is C30H32N2O7S. The first kappa shape index (κ1) is 28.8. The summed E-state index contributed by atoms with van der Waals surface area (Å²) in [5.41, 5.74) is 1.71. The number of rotatable bonds is 9. The maximum atomic E-state index is 13.9. The Labute approximate surface area is 236 Å². The summed E-state index contributed by atoms with van der Waals surface area (Å²) >= 11 is 1.23. The van der Waals surface area contributed by atoms with Gasteiger partial charge < -0.3 is 18.9 Å². The Morgan fingerprint density at radius 3 is 2.55 bits per heavy atom. The third-order valence-electron chi connectivity index (χ3n) is 6.05. The normalized spacial score (nSPS) is 15.0. The van der Waals surface area contributed by atoms with Crippen LogP contribution in [0.3, 0.4) is 0 Å². The maximum Gasteiger partial charge on any atom is 0.338 e. The molecule has 210 valence electrons. The highest BCUT2D eigenvalue weighted by Crippen LogP contribution is 2.36. The molecule has 0 N–H and O–H groups in total. The van der Waals surface area contributed by atoms with Crippen molar-refractivity contribution in [1.82, 2.24) is 4.57 Å². The number of carbonyl (C=O) groups excluding carboxylic acids is 2. The zero-order chi connectivity index (χ0) is 29.0. The maximum absolute atomic E-state index is 13.9. The molecule has 1 aliphatic heterocycles. The number of hydrogen-bond acceptors (Lipinski definition) is 9. The second-order valence-electron chi connectivity index (χ2n) is 9.55. The van der Waals surface area contributed by atoms with E-state index in [2.05, 4.69) is 4.99 Å². The summed E-state index contributed by atoms with van der Waals surface area (Å²) < 4.78 is 24.0. The average molecular weight is 565 g/mol. The van der Waals surface area contributed by atoms with Crippen LogP contribution >= 0.6 is 11.3 Å². The van der Waals surface area contributed by atoms with Crippen molar-refractivity contribution in [3.05, 3.63) is 84.5 Å². The summed E-state index contributed by atoms with van der Waals surface area (Å²) in [6.07, 6.45) is 1.77. The molecule has 0 unspecified atom stereocenters. The van der Waals surface area contributed by atoms with E-state index in [1.807, 2.05) is 45.0 Å². The topological polar surface area (TPSA) is 105 Å². The highest BCUT2D eigenvalue weighted by Gasteiger charge is 2.34. The molecule has 2 aromatic carbocycles. The van der Waals surface area contributed by atoms with E-state index < -0.39 is 18.0 Å². The van der Waals surface area contributed by atoms with Gasteiger partial charge in [-0.3, -0.25) is 14.2 Å². The van der Waals surface area contributed by atoms with Crippen molar-refractivity contribution in [2.45, 2.75) is 40.7 Å². The molecule has 1 atom stereocenters. The first-order valence-electron chi connectivity index (χ1n) is 12.9. The third-order valence-corrected chi connectivity index (χ3v) is 7.03. The van der Waals surface area contributed by atoms with Crippen LogP contribution < -0.4 is 29.1 Å². The zero-order valence-corrected chi connectivity index (χ0v) is 24.2. The minimum Gasteiger partial charge on any atom is -0.493 e. The Balaban J connectivity index is 1.93. The standard InChI is InChI=1S/C30H32N2O7S/c1-7-37-22-11-9-8-10-20(22)15-25-28(34)32-27(21-12-13-23(39-19(5)33)24(14-21)36-6)26(18(4)31-30(32)40-25)29(35)38-16-17(2)3/h8-15,17,27H,7,16H2,1-6H3/b25-15-/t27-/m0/s1. The molecule has 0 amide bonds. The number of fused-ring (bicyclic) bond motifs is 1. The van der Waals surface area contributed by atoms with Gasteiger partial charge in [-0.2, -0.15) is 0 Å². The molecule has 10 heteroatoms. The molecular weight excluding hydrogens is 532 g/mol. The molecule has 0 saturated heterocycles. The second-order valence-corrected chi connectivity index (χ2v) is 10.6. The van der Waals surface area contributed by atoms with Gasteiger partial charge in [-0.25, -0.2) is 9.79 Å². The SMILES string of the molecule is CCOc1ccccc1/C=c1\sc2n(c1=O)[C@@H](c1ccc(OC(C)=O)c(OC)c1)C(C(=O)OCC(C)C)=C(C)N=2. The number of allylic oxidation sites excluding steroid dienone is 1. The predicted octanol–water partition coefficient (Wildman–Crippen LogP) is 3.77. The summed E-state index contributed by atoms with van der Waals surface area (Å²) in [6.45, 7) is 9.51. The lowest BCUT2D eigenvalue weighted by molar-refractivity contribution is -0.140. The number of para-hydroxylation sites is 1. The molecule has 9 nitrogen and oxygen atoms in total. The molecule has 3 aromatic rings. The highest BCUT2D eigenvalue weighted by molar-refractivity contribution is 7.07. The van der Waals surface area contributed by atoms with Crippen molar-refractivity contribution in [1.29, 1.82) is 0 Å². The van der Waals surface area contributed by atoms with Crippen molar-refractivity contribution < 1.29 is 28.5 Å². The van der Waals surface area contributed by atoms with E-state index in [1.54, 1.807) is 31.2 Å². The van der Waals surface area contributed by atoms with Crippen LogP contribution in [-0.2, 0) is 14.3 Å². The monoisotopic (exact) mass is 564 g/mol. The predicted molar refractivity (Wildman–Crippen MR) is 151 cm³/mol. The molecule has 40 heavy (non-hydrogen) atoms. The van der Waals surface area contributed by atoms with Crippen LogP contribution in [-0.4, -0.2) is 36.8 Å². The van der Waals surface area contributed by atoms with E-state index in [0.717, 1.165) is 5.56 Å². The molecule has 0 aliphatic carbocycles. The molecule has 1 aliphatic rings. The van der Waals surface area contributed by atoms with Crippen LogP contribution in [0.15, 0.2) is 63.5 Å². The van der Waals surface area contributed by atoms with Gasteiger partial charge in [-0.15, -0.1) is 0 Å². The third kappa shape index (κ3) is 6.02. The van der Waals surface area contributed by atoms with E-state index in [4.69, 9.17) is 18.9 Å². The molecule has 0 spiro atoms. The number of thiazole rings is 1. The van der Waals surface area contributed by atoms with Crippen molar-refractivity contribution in [2.75, 3.05) is 20.3 Å². The van der Waals surface area contributed by atoms with Gasteiger partial charge in [-0.1, -0.05) is 49.4 Å². The van der Waals surface area contributed by atoms with E-state index >= 15 is 0 Å². The van der Waals surface area contributed by atoms with Gasteiger partial charge in [0.25, 0.3) is 5.56 Å². The number of aromatic nitrogens is 1. The van der Waals surface area contributed by atoms with Crippen molar-refractivity contribution in [2.24, 2.45) is 10.9 Å². The Morgan fingerprint density at radius 2 is 1.88 bits per heavy atom. The van der Waals surface area contributed by atoms with E-state index in [-0.39, 0.29) is 35.2 Å². The fourth-order valence-electron chi connectivity index (χ4n) is 4.34. The number of nitrogens with zero attached hydrogens (tertiary/aromatic N) is 2. The Kier molecular flexibility index (Phi) is 8.89. The first-order chi connectivity index (χ1) is 19.1. The zero-order valence-electron chi connectivity index (χ0n) is 23.3. The molecule has 1 aromatic heterocycles. The lowest BCUT2D eigenvalue weighted by Gasteiger charge is -2.25. The number of ether oxygens (including phenoxy) is 4. The van der Waals surface area contributed by atoms with Gasteiger partial charge in [0.15, 0.2) is 16.3 Å². The van der Waals surface area contributed by atoms with E-state index in [1.165, 1.54) is 29.9 Å². The molecule has 0 radical (unpaired) electrons. The molecule has 0 bridgehead atoms. The van der Waals surface area contributed by atoms with Gasteiger partial charge in [0.05, 0.1) is 42.2 Å². The van der Waals surface area contributed by atoms with E-state index in [9.17, 15) is 14.4 Å². The number of carbonyl (C=O) groups is 2. The largest absolute Gasteiger partial charge is 0.493 e. The minimum atomic E-state index is -0.847. The summed E-state index contributed by atoms with van der Waals surface area (Å²) in [4.78, 5) is 44.0. The second kappa shape index (κ2) is 12.3. The smallest absolute Gasteiger partial charge is 0.338 e. The molecule has 4 rings (SSSR count). The Morgan fingerprint density at radius 1 is 1.12 bits per heavy atom. The summed E-state index contributed by atoms with van der Waals surface area (Å²) in [6, 6.07) is 11.5. The lowest BCUT2D eigenvalue weighted by atomic mass is 9.95. The highest BCUT2D eigenvalue weighted by atomic mass is 32.1. The number of hydrogen-bond donors (Lipinski definition) is 0. The number of esters is 2. The molecule has 2 heterocycles. The summed E-state index contributed by atoms with van der Waals surface area (Å²) in [5.74, 6) is 0.234.